The van der Waals surface area contributed by atoms with Crippen LogP contribution < -0.4 is 16.0 Å². The number of amides is 2. The molecule has 1 aromatic carbocycles. The summed E-state index contributed by atoms with van der Waals surface area (Å²) in [6.07, 6.45) is 3.82. The summed E-state index contributed by atoms with van der Waals surface area (Å²) in [4.78, 5) is 18.4. The van der Waals surface area contributed by atoms with Crippen molar-refractivity contribution in [3.05, 3.63) is 29.8 Å². The normalized spacial score (nSPS) is 21.3. The second-order valence-electron chi connectivity index (χ2n) is 7.88. The number of aliphatic hydroxyl groups is 1. The molecule has 4 N–H and O–H groups in total. The fourth-order valence-corrected chi connectivity index (χ4v) is 3.87. The van der Waals surface area contributed by atoms with Crippen molar-refractivity contribution in [2.24, 2.45) is 10.4 Å². The van der Waals surface area contributed by atoms with E-state index in [4.69, 9.17) is 4.74 Å². The lowest BCUT2D eigenvalue weighted by atomic mass is 9.84. The van der Waals surface area contributed by atoms with Crippen LogP contribution in [0.4, 0.5) is 10.5 Å². The van der Waals surface area contributed by atoms with E-state index in [1.807, 2.05) is 29.2 Å². The fourth-order valence-electron chi connectivity index (χ4n) is 3.87. The molecule has 3 rings (SSSR count). The number of ether oxygens (including phenoxy) is 1. The Kier molecular flexibility index (Phi) is 10.1. The number of urea groups is 1. The van der Waals surface area contributed by atoms with Crippen molar-refractivity contribution in [3.63, 3.8) is 0 Å². The van der Waals surface area contributed by atoms with Gasteiger partial charge in [-0.3, -0.25) is 4.99 Å². The van der Waals surface area contributed by atoms with Gasteiger partial charge in [0.05, 0.1) is 6.61 Å². The van der Waals surface area contributed by atoms with Crippen LogP contribution in [0.1, 0.15) is 31.2 Å². The van der Waals surface area contributed by atoms with Crippen molar-refractivity contribution in [1.82, 2.24) is 15.5 Å². The van der Waals surface area contributed by atoms with E-state index < -0.39 is 0 Å². The molecular formula is C21H34IN5O3. The summed E-state index contributed by atoms with van der Waals surface area (Å²) < 4.78 is 5.54. The number of hydrogen-bond acceptors (Lipinski definition) is 4. The lowest BCUT2D eigenvalue weighted by Crippen LogP contribution is -2.44. The van der Waals surface area contributed by atoms with E-state index in [-0.39, 0.29) is 42.0 Å². The molecule has 0 saturated carbocycles. The highest BCUT2D eigenvalue weighted by Gasteiger charge is 2.34. The molecule has 0 radical (unpaired) electrons. The van der Waals surface area contributed by atoms with Crippen LogP contribution in [0.3, 0.4) is 0 Å². The summed E-state index contributed by atoms with van der Waals surface area (Å²) in [7, 11) is 1.74. The second-order valence-corrected chi connectivity index (χ2v) is 7.88. The maximum Gasteiger partial charge on any atom is 0.321 e. The van der Waals surface area contributed by atoms with Gasteiger partial charge in [-0.25, -0.2) is 4.79 Å². The second kappa shape index (κ2) is 12.3. The zero-order valence-corrected chi connectivity index (χ0v) is 20.0. The van der Waals surface area contributed by atoms with Gasteiger partial charge in [-0.15, -0.1) is 24.0 Å². The highest BCUT2D eigenvalue weighted by atomic mass is 127. The molecule has 9 heteroatoms. The van der Waals surface area contributed by atoms with Crippen LogP contribution in [0.25, 0.3) is 0 Å². The molecule has 2 heterocycles. The lowest BCUT2D eigenvalue weighted by Gasteiger charge is -2.27. The number of nitrogens with zero attached hydrogens (tertiary/aromatic N) is 2. The predicted molar refractivity (Wildman–Crippen MR) is 129 cm³/mol. The molecule has 2 aliphatic heterocycles. The summed E-state index contributed by atoms with van der Waals surface area (Å²) in [5, 5.41) is 19.0. The van der Waals surface area contributed by atoms with Gasteiger partial charge >= 0.3 is 6.03 Å². The Hall–Kier alpha value is -1.59. The first-order chi connectivity index (χ1) is 14.1. The number of anilines is 1. The van der Waals surface area contributed by atoms with E-state index in [1.54, 1.807) is 7.05 Å². The monoisotopic (exact) mass is 531 g/mol. The van der Waals surface area contributed by atoms with Crippen LogP contribution in [0.15, 0.2) is 29.3 Å². The largest absolute Gasteiger partial charge is 0.396 e. The number of nitrogens with one attached hydrogen (secondary N) is 3. The van der Waals surface area contributed by atoms with Crippen LogP contribution in [-0.2, 0) is 11.3 Å². The van der Waals surface area contributed by atoms with Gasteiger partial charge in [0.2, 0.25) is 0 Å². The molecule has 2 saturated heterocycles. The molecule has 168 valence electrons. The number of hydrogen-bond donors (Lipinski definition) is 4. The standard InChI is InChI=1S/C21H33N5O3.HI/c1-22-19(24-15-21(7-11-27)8-12-29-16-21)23-14-17-5-4-6-18(13-17)25-20(28)26-9-2-3-10-26;/h4-6,13,27H,2-3,7-12,14-16H2,1H3,(H,25,28)(H2,22,23,24);1H. The summed E-state index contributed by atoms with van der Waals surface area (Å²) >= 11 is 0. The Morgan fingerprint density at radius 2 is 2.10 bits per heavy atom. The van der Waals surface area contributed by atoms with E-state index in [9.17, 15) is 9.90 Å². The van der Waals surface area contributed by atoms with Gasteiger partial charge in [0, 0.05) is 57.5 Å². The molecule has 1 atom stereocenters. The first-order valence-electron chi connectivity index (χ1n) is 10.4. The van der Waals surface area contributed by atoms with Gasteiger partial charge in [-0.2, -0.15) is 0 Å². The third-order valence-corrected chi connectivity index (χ3v) is 5.71. The Labute approximate surface area is 195 Å². The van der Waals surface area contributed by atoms with Gasteiger partial charge in [-0.1, -0.05) is 12.1 Å². The van der Waals surface area contributed by atoms with E-state index in [0.717, 1.165) is 56.6 Å². The van der Waals surface area contributed by atoms with Crippen molar-refractivity contribution in [2.45, 2.75) is 32.2 Å². The van der Waals surface area contributed by atoms with E-state index >= 15 is 0 Å². The summed E-state index contributed by atoms with van der Waals surface area (Å²) in [5.74, 6) is 0.709. The van der Waals surface area contributed by atoms with Crippen molar-refractivity contribution in [1.29, 1.82) is 0 Å². The summed E-state index contributed by atoms with van der Waals surface area (Å²) in [5.41, 5.74) is 1.82. The Morgan fingerprint density at radius 3 is 2.77 bits per heavy atom. The zero-order valence-electron chi connectivity index (χ0n) is 17.7. The SMILES string of the molecule is CN=C(NCc1cccc(NC(=O)N2CCCC2)c1)NCC1(CCO)CCOC1.I. The number of aliphatic imine (C=N–C) groups is 1. The summed E-state index contributed by atoms with van der Waals surface area (Å²) in [6, 6.07) is 7.82. The van der Waals surface area contributed by atoms with Crippen molar-refractivity contribution in [3.8, 4) is 0 Å². The molecule has 30 heavy (non-hydrogen) atoms. The quantitative estimate of drug-likeness (QED) is 0.246. The Morgan fingerprint density at radius 1 is 1.30 bits per heavy atom. The molecule has 1 aromatic rings. The van der Waals surface area contributed by atoms with E-state index in [2.05, 4.69) is 20.9 Å². The number of benzene rings is 1. The maximum atomic E-state index is 12.3. The minimum atomic E-state index is -0.0356. The zero-order chi connectivity index (χ0) is 20.5. The highest BCUT2D eigenvalue weighted by Crippen LogP contribution is 2.31. The van der Waals surface area contributed by atoms with Crippen LogP contribution in [-0.4, -0.2) is 68.5 Å². The lowest BCUT2D eigenvalue weighted by molar-refractivity contribution is 0.127. The highest BCUT2D eigenvalue weighted by molar-refractivity contribution is 14.0. The molecule has 2 fully saturated rings. The third-order valence-electron chi connectivity index (χ3n) is 5.71. The molecule has 0 aromatic heterocycles. The van der Waals surface area contributed by atoms with Crippen LogP contribution in [0, 0.1) is 5.41 Å². The third kappa shape index (κ3) is 6.98. The maximum absolute atomic E-state index is 12.3. The van der Waals surface area contributed by atoms with Crippen LogP contribution in [0.2, 0.25) is 0 Å². The topological polar surface area (TPSA) is 98.2 Å². The first-order valence-corrected chi connectivity index (χ1v) is 10.4. The molecule has 0 spiro atoms. The Bertz CT molecular complexity index is 704. The number of likely N-dealkylation sites (tertiary alicyclic amines) is 1. The average molecular weight is 531 g/mol. The minimum Gasteiger partial charge on any atom is -0.396 e. The van der Waals surface area contributed by atoms with Gasteiger partial charge in [0.15, 0.2) is 5.96 Å². The summed E-state index contributed by atoms with van der Waals surface area (Å²) in [6.45, 7) is 4.53. The van der Waals surface area contributed by atoms with Crippen molar-refractivity contribution >= 4 is 41.7 Å². The van der Waals surface area contributed by atoms with Gasteiger partial charge in [0.1, 0.15) is 0 Å². The molecular weight excluding hydrogens is 497 g/mol. The van der Waals surface area contributed by atoms with Gasteiger partial charge in [-0.05, 0) is 43.4 Å². The number of carbonyl (C=O) groups excluding carboxylic acids is 1. The fraction of sp³-hybridized carbons (Fsp3) is 0.619. The average Bonchev–Trinajstić information content (AvgIpc) is 3.41. The molecule has 1 unspecified atom stereocenters. The molecule has 0 bridgehead atoms. The van der Waals surface area contributed by atoms with Crippen LogP contribution in [0.5, 0.6) is 0 Å². The predicted octanol–water partition coefficient (Wildman–Crippen LogP) is 2.39. The van der Waals surface area contributed by atoms with Crippen molar-refractivity contribution in [2.75, 3.05) is 51.8 Å². The molecule has 2 amide bonds. The number of carbonyl (C=O) groups is 1. The van der Waals surface area contributed by atoms with E-state index in [0.29, 0.717) is 25.7 Å². The van der Waals surface area contributed by atoms with E-state index in [1.165, 1.54) is 0 Å². The molecule has 0 aliphatic carbocycles. The first kappa shape index (κ1) is 24.7. The van der Waals surface area contributed by atoms with Gasteiger partial charge in [0.25, 0.3) is 0 Å². The van der Waals surface area contributed by atoms with Gasteiger partial charge < -0.3 is 30.7 Å². The van der Waals surface area contributed by atoms with Crippen LogP contribution >= 0.6 is 24.0 Å². The molecule has 8 nitrogen and oxygen atoms in total. The minimum absolute atomic E-state index is 0. The Balaban J connectivity index is 0.00000320. The number of rotatable bonds is 7. The number of aliphatic hydroxyl groups excluding tert-OH is 1. The molecule has 2 aliphatic rings. The van der Waals surface area contributed by atoms with Crippen molar-refractivity contribution < 1.29 is 14.6 Å². The smallest absolute Gasteiger partial charge is 0.321 e. The number of halogens is 1. The number of guanidine groups is 1.